The van der Waals surface area contributed by atoms with Gasteiger partial charge in [-0.15, -0.1) is 0 Å². The van der Waals surface area contributed by atoms with Crippen LogP contribution in [0, 0.1) is 11.7 Å². The highest BCUT2D eigenvalue weighted by Crippen LogP contribution is 2.23. The average molecular weight is 334 g/mol. The third-order valence-electron chi connectivity index (χ3n) is 4.15. The second-order valence-electron chi connectivity index (χ2n) is 6.39. The summed E-state index contributed by atoms with van der Waals surface area (Å²) in [4.78, 5) is 15.9. The Morgan fingerprint density at radius 2 is 2.12 bits per heavy atom. The van der Waals surface area contributed by atoms with Crippen LogP contribution in [0.4, 0.5) is 4.39 Å². The summed E-state index contributed by atoms with van der Waals surface area (Å²) in [5, 5.41) is 12.8. The molecule has 0 aliphatic heterocycles. The van der Waals surface area contributed by atoms with Gasteiger partial charge in [-0.05, 0) is 25.0 Å². The molecule has 24 heavy (non-hydrogen) atoms. The smallest absolute Gasteiger partial charge is 0.220 e. The van der Waals surface area contributed by atoms with Crippen molar-refractivity contribution in [3.05, 3.63) is 42.2 Å². The van der Waals surface area contributed by atoms with Crippen molar-refractivity contribution in [2.75, 3.05) is 6.54 Å². The molecule has 1 aromatic carbocycles. The fraction of sp³-hybridized carbons (Fsp3) is 0.444. The van der Waals surface area contributed by atoms with Crippen LogP contribution in [0.3, 0.4) is 0 Å². The monoisotopic (exact) mass is 334 g/mol. The molecule has 0 aliphatic rings. The molecule has 1 unspecified atom stereocenters. The van der Waals surface area contributed by atoms with Crippen molar-refractivity contribution in [3.8, 4) is 11.3 Å². The molecule has 0 radical (unpaired) electrons. The molecule has 0 fully saturated rings. The number of hydrogen-bond acceptors (Lipinski definition) is 4. The summed E-state index contributed by atoms with van der Waals surface area (Å²) in [6.07, 6.45) is 1.95. The number of aryl methyl sites for hydroxylation is 1. The highest BCUT2D eigenvalue weighted by Gasteiger charge is 2.25. The maximum atomic E-state index is 13.7. The van der Waals surface area contributed by atoms with E-state index in [-0.39, 0.29) is 30.6 Å². The molecule has 1 heterocycles. The van der Waals surface area contributed by atoms with Crippen LogP contribution >= 0.6 is 0 Å². The van der Waals surface area contributed by atoms with Gasteiger partial charge >= 0.3 is 0 Å². The van der Waals surface area contributed by atoms with E-state index in [0.29, 0.717) is 23.6 Å². The Morgan fingerprint density at radius 3 is 2.79 bits per heavy atom. The molecular weight excluding hydrogens is 311 g/mol. The lowest BCUT2D eigenvalue weighted by atomic mass is 9.92. The summed E-state index contributed by atoms with van der Waals surface area (Å²) in [6, 6.07) is 6.28. The Balaban J connectivity index is 1.87. The fourth-order valence-corrected chi connectivity index (χ4v) is 2.00. The minimum absolute atomic E-state index is 0.0351. The lowest BCUT2D eigenvalue weighted by Crippen LogP contribution is -2.44. The van der Waals surface area contributed by atoms with Gasteiger partial charge in [0.1, 0.15) is 5.82 Å². The van der Waals surface area contributed by atoms with Gasteiger partial charge in [0.25, 0.3) is 0 Å². The predicted molar refractivity (Wildman–Crippen MR) is 88.7 cm³/mol. The molecule has 1 aromatic heterocycles. The number of oxazole rings is 1. The van der Waals surface area contributed by atoms with E-state index in [1.165, 1.54) is 12.3 Å². The third-order valence-corrected chi connectivity index (χ3v) is 4.15. The molecule has 0 aliphatic carbocycles. The molecule has 2 aromatic rings. The first-order valence-corrected chi connectivity index (χ1v) is 7.98. The second kappa shape index (κ2) is 7.57. The highest BCUT2D eigenvalue weighted by atomic mass is 19.1. The van der Waals surface area contributed by atoms with Crippen LogP contribution in [0.2, 0.25) is 0 Å². The minimum Gasteiger partial charge on any atom is -0.441 e. The first-order chi connectivity index (χ1) is 11.3. The predicted octanol–water partition coefficient (Wildman–Crippen LogP) is 2.94. The number of benzene rings is 1. The summed E-state index contributed by atoms with van der Waals surface area (Å²) in [7, 11) is 0. The van der Waals surface area contributed by atoms with E-state index in [1.54, 1.807) is 25.1 Å². The Labute approximate surface area is 140 Å². The van der Waals surface area contributed by atoms with Gasteiger partial charge in [0.05, 0.1) is 17.4 Å². The summed E-state index contributed by atoms with van der Waals surface area (Å²) < 4.78 is 19.2. The normalized spacial score (nSPS) is 13.8. The molecule has 2 rings (SSSR count). The maximum absolute atomic E-state index is 13.7. The largest absolute Gasteiger partial charge is 0.441 e. The molecular formula is C18H23FN2O3. The number of hydrogen-bond donors (Lipinski definition) is 2. The molecule has 6 heteroatoms. The Bertz CT molecular complexity index is 695. The van der Waals surface area contributed by atoms with Crippen molar-refractivity contribution in [2.45, 2.75) is 39.2 Å². The summed E-state index contributed by atoms with van der Waals surface area (Å²) in [5.41, 5.74) is -0.606. The average Bonchev–Trinajstić information content (AvgIpc) is 3.00. The molecule has 0 spiro atoms. The van der Waals surface area contributed by atoms with Gasteiger partial charge in [-0.3, -0.25) is 4.79 Å². The number of nitrogens with zero attached hydrogens (tertiary/aromatic N) is 1. The summed E-state index contributed by atoms with van der Waals surface area (Å²) in [6.45, 7) is 5.66. The Kier molecular flexibility index (Phi) is 5.72. The van der Waals surface area contributed by atoms with Crippen molar-refractivity contribution < 1.29 is 18.7 Å². The van der Waals surface area contributed by atoms with Gasteiger partial charge in [-0.1, -0.05) is 26.0 Å². The first kappa shape index (κ1) is 18.1. The first-order valence-electron chi connectivity index (χ1n) is 7.98. The number of aromatic nitrogens is 1. The van der Waals surface area contributed by atoms with Gasteiger partial charge < -0.3 is 14.8 Å². The minimum atomic E-state index is -0.948. The zero-order valence-corrected chi connectivity index (χ0v) is 14.2. The number of amides is 1. The molecule has 0 bridgehead atoms. The van der Waals surface area contributed by atoms with Crippen LogP contribution in [0.25, 0.3) is 11.3 Å². The van der Waals surface area contributed by atoms with Crippen molar-refractivity contribution in [2.24, 2.45) is 5.92 Å². The molecule has 5 nitrogen and oxygen atoms in total. The van der Waals surface area contributed by atoms with Crippen LogP contribution < -0.4 is 5.32 Å². The van der Waals surface area contributed by atoms with Crippen LogP contribution in [0.1, 0.15) is 33.1 Å². The van der Waals surface area contributed by atoms with Gasteiger partial charge in [0.15, 0.2) is 11.7 Å². The van der Waals surface area contributed by atoms with Crippen LogP contribution in [-0.4, -0.2) is 28.1 Å². The lowest BCUT2D eigenvalue weighted by Gasteiger charge is -2.27. The lowest BCUT2D eigenvalue weighted by molar-refractivity contribution is -0.122. The van der Waals surface area contributed by atoms with E-state index in [1.807, 2.05) is 13.8 Å². The van der Waals surface area contributed by atoms with Crippen molar-refractivity contribution in [1.29, 1.82) is 0 Å². The van der Waals surface area contributed by atoms with E-state index in [4.69, 9.17) is 4.42 Å². The zero-order chi connectivity index (χ0) is 17.7. The van der Waals surface area contributed by atoms with E-state index >= 15 is 0 Å². The zero-order valence-electron chi connectivity index (χ0n) is 14.2. The molecule has 1 atom stereocenters. The SMILES string of the molecule is CC(C)C(C)(O)CNC(=O)CCc1ncc(-c2ccccc2F)o1. The number of aliphatic hydroxyl groups is 1. The summed E-state index contributed by atoms with van der Waals surface area (Å²) in [5.74, 6) is 0.175. The third kappa shape index (κ3) is 4.64. The number of carbonyl (C=O) groups is 1. The van der Waals surface area contributed by atoms with Crippen molar-refractivity contribution in [1.82, 2.24) is 10.3 Å². The Morgan fingerprint density at radius 1 is 1.42 bits per heavy atom. The number of rotatable bonds is 7. The topological polar surface area (TPSA) is 75.4 Å². The van der Waals surface area contributed by atoms with Crippen molar-refractivity contribution in [3.63, 3.8) is 0 Å². The molecule has 1 amide bonds. The number of halogens is 1. The van der Waals surface area contributed by atoms with E-state index < -0.39 is 5.60 Å². The molecule has 130 valence electrons. The molecule has 2 N–H and O–H groups in total. The highest BCUT2D eigenvalue weighted by molar-refractivity contribution is 5.76. The Hall–Kier alpha value is -2.21. The van der Waals surface area contributed by atoms with E-state index in [9.17, 15) is 14.3 Å². The quantitative estimate of drug-likeness (QED) is 0.816. The van der Waals surface area contributed by atoms with E-state index in [0.717, 1.165) is 0 Å². The van der Waals surface area contributed by atoms with Gasteiger partial charge in [0, 0.05) is 19.4 Å². The van der Waals surface area contributed by atoms with Gasteiger partial charge in [-0.2, -0.15) is 0 Å². The standard InChI is InChI=1S/C18H23FN2O3/c1-12(2)18(3,23)11-21-16(22)8-9-17-20-10-15(24-17)13-6-4-5-7-14(13)19/h4-7,10,12,23H,8-9,11H2,1-3H3,(H,21,22). The van der Waals surface area contributed by atoms with Crippen molar-refractivity contribution >= 4 is 5.91 Å². The second-order valence-corrected chi connectivity index (χ2v) is 6.39. The van der Waals surface area contributed by atoms with E-state index in [2.05, 4.69) is 10.3 Å². The molecule has 0 saturated carbocycles. The van der Waals surface area contributed by atoms with Crippen LogP contribution in [-0.2, 0) is 11.2 Å². The number of nitrogens with one attached hydrogen (secondary N) is 1. The van der Waals surface area contributed by atoms with Gasteiger partial charge in [-0.25, -0.2) is 9.37 Å². The van der Waals surface area contributed by atoms with Crippen LogP contribution in [0.5, 0.6) is 0 Å². The van der Waals surface area contributed by atoms with Crippen LogP contribution in [0.15, 0.2) is 34.9 Å². The van der Waals surface area contributed by atoms with Gasteiger partial charge in [0.2, 0.25) is 5.91 Å². The maximum Gasteiger partial charge on any atom is 0.220 e. The fourth-order valence-electron chi connectivity index (χ4n) is 2.00. The summed E-state index contributed by atoms with van der Waals surface area (Å²) >= 11 is 0. The molecule has 0 saturated heterocycles. The number of carbonyl (C=O) groups excluding carboxylic acids is 1.